The van der Waals surface area contributed by atoms with Gasteiger partial charge in [-0.15, -0.1) is 0 Å². The Hall–Kier alpha value is -1.51. The van der Waals surface area contributed by atoms with Crippen molar-refractivity contribution in [2.75, 3.05) is 25.0 Å². The summed E-state index contributed by atoms with van der Waals surface area (Å²) in [5.74, 6) is 0.212. The Kier molecular flexibility index (Phi) is 3.81. The fourth-order valence-electron chi connectivity index (χ4n) is 1.99. The first kappa shape index (κ1) is 11.0. The standard InChI is InChI=1S/C13H18N2O/c16-13(15-9-5-2-6-10-15)11-14-12-7-3-1-4-8-12/h1,3-4,7-8,14H,2,5-6,9-11H2. The van der Waals surface area contributed by atoms with Crippen molar-refractivity contribution in [1.29, 1.82) is 0 Å². The van der Waals surface area contributed by atoms with E-state index in [0.717, 1.165) is 31.6 Å². The van der Waals surface area contributed by atoms with Crippen LogP contribution in [0.4, 0.5) is 5.69 Å². The summed E-state index contributed by atoms with van der Waals surface area (Å²) in [5.41, 5.74) is 1.01. The van der Waals surface area contributed by atoms with Gasteiger partial charge in [0.25, 0.3) is 0 Å². The van der Waals surface area contributed by atoms with Crippen LogP contribution >= 0.6 is 0 Å². The number of carbonyl (C=O) groups is 1. The van der Waals surface area contributed by atoms with Gasteiger partial charge in [0.05, 0.1) is 6.54 Å². The van der Waals surface area contributed by atoms with Crippen LogP contribution in [-0.4, -0.2) is 30.4 Å². The first-order chi connectivity index (χ1) is 7.86. The van der Waals surface area contributed by atoms with E-state index in [1.54, 1.807) is 0 Å². The quantitative estimate of drug-likeness (QED) is 0.842. The number of para-hydroxylation sites is 1. The molecule has 0 saturated carbocycles. The highest BCUT2D eigenvalue weighted by Gasteiger charge is 2.15. The summed E-state index contributed by atoms with van der Waals surface area (Å²) < 4.78 is 0. The van der Waals surface area contributed by atoms with Crippen LogP contribution in [0.5, 0.6) is 0 Å². The van der Waals surface area contributed by atoms with Crippen molar-refractivity contribution in [3.8, 4) is 0 Å². The summed E-state index contributed by atoms with van der Waals surface area (Å²) in [5, 5.41) is 3.15. The van der Waals surface area contributed by atoms with Crippen LogP contribution in [0.25, 0.3) is 0 Å². The lowest BCUT2D eigenvalue weighted by Gasteiger charge is -2.26. The first-order valence-corrected chi connectivity index (χ1v) is 5.93. The Morgan fingerprint density at radius 2 is 1.81 bits per heavy atom. The Bertz CT molecular complexity index is 331. The lowest BCUT2D eigenvalue weighted by molar-refractivity contribution is -0.130. The number of hydrogen-bond acceptors (Lipinski definition) is 2. The minimum absolute atomic E-state index is 0.212. The molecule has 2 rings (SSSR count). The molecule has 0 aromatic heterocycles. The molecular formula is C13H18N2O. The van der Waals surface area contributed by atoms with Gasteiger partial charge in [-0.1, -0.05) is 18.2 Å². The number of nitrogens with zero attached hydrogens (tertiary/aromatic N) is 1. The summed E-state index contributed by atoms with van der Waals surface area (Å²) >= 11 is 0. The van der Waals surface area contributed by atoms with Crippen molar-refractivity contribution in [3.05, 3.63) is 30.3 Å². The van der Waals surface area contributed by atoms with E-state index in [1.165, 1.54) is 6.42 Å². The molecule has 3 nitrogen and oxygen atoms in total. The molecule has 16 heavy (non-hydrogen) atoms. The van der Waals surface area contributed by atoms with Gasteiger partial charge >= 0.3 is 0 Å². The van der Waals surface area contributed by atoms with E-state index in [-0.39, 0.29) is 5.91 Å². The van der Waals surface area contributed by atoms with Gasteiger partial charge < -0.3 is 10.2 Å². The lowest BCUT2D eigenvalue weighted by atomic mass is 10.1. The number of nitrogens with one attached hydrogen (secondary N) is 1. The molecular weight excluding hydrogens is 200 g/mol. The third kappa shape index (κ3) is 2.99. The highest BCUT2D eigenvalue weighted by atomic mass is 16.2. The maximum Gasteiger partial charge on any atom is 0.241 e. The molecule has 0 unspecified atom stereocenters. The maximum absolute atomic E-state index is 11.8. The van der Waals surface area contributed by atoms with Crippen LogP contribution in [0.3, 0.4) is 0 Å². The molecule has 1 aromatic rings. The molecule has 0 spiro atoms. The Morgan fingerprint density at radius 1 is 1.12 bits per heavy atom. The highest BCUT2D eigenvalue weighted by Crippen LogP contribution is 2.09. The van der Waals surface area contributed by atoms with E-state index >= 15 is 0 Å². The monoisotopic (exact) mass is 218 g/mol. The number of anilines is 1. The minimum atomic E-state index is 0.212. The third-order valence-electron chi connectivity index (χ3n) is 2.93. The van der Waals surface area contributed by atoms with Crippen LogP contribution < -0.4 is 5.32 Å². The van der Waals surface area contributed by atoms with Gasteiger partial charge in [-0.25, -0.2) is 0 Å². The molecule has 1 aliphatic heterocycles. The molecule has 0 aliphatic carbocycles. The fourth-order valence-corrected chi connectivity index (χ4v) is 1.99. The van der Waals surface area contributed by atoms with Crippen molar-refractivity contribution in [2.45, 2.75) is 19.3 Å². The molecule has 1 N–H and O–H groups in total. The zero-order valence-electron chi connectivity index (χ0n) is 9.48. The number of benzene rings is 1. The molecule has 1 aliphatic rings. The van der Waals surface area contributed by atoms with Gasteiger partial charge in [0, 0.05) is 18.8 Å². The van der Waals surface area contributed by atoms with E-state index in [2.05, 4.69) is 5.32 Å². The Balaban J connectivity index is 1.79. The molecule has 1 heterocycles. The summed E-state index contributed by atoms with van der Waals surface area (Å²) in [6.45, 7) is 2.26. The second-order valence-electron chi connectivity index (χ2n) is 4.16. The van der Waals surface area contributed by atoms with Gasteiger partial charge in [-0.05, 0) is 31.4 Å². The van der Waals surface area contributed by atoms with Crippen molar-refractivity contribution in [1.82, 2.24) is 4.90 Å². The zero-order valence-corrected chi connectivity index (χ0v) is 9.48. The van der Waals surface area contributed by atoms with Gasteiger partial charge in [-0.3, -0.25) is 4.79 Å². The second kappa shape index (κ2) is 5.54. The SMILES string of the molecule is O=C(CNc1ccccc1)N1CCCCC1. The minimum Gasteiger partial charge on any atom is -0.376 e. The Labute approximate surface area is 96.5 Å². The van der Waals surface area contributed by atoms with Gasteiger partial charge in [0.2, 0.25) is 5.91 Å². The molecule has 1 aromatic carbocycles. The molecule has 1 fully saturated rings. The summed E-state index contributed by atoms with van der Waals surface area (Å²) in [7, 11) is 0. The van der Waals surface area contributed by atoms with E-state index in [4.69, 9.17) is 0 Å². The summed E-state index contributed by atoms with van der Waals surface area (Å²) in [6, 6.07) is 9.85. The van der Waals surface area contributed by atoms with Crippen molar-refractivity contribution >= 4 is 11.6 Å². The van der Waals surface area contributed by atoms with E-state index in [9.17, 15) is 4.79 Å². The average Bonchev–Trinajstić information content (AvgIpc) is 2.38. The normalized spacial score (nSPS) is 15.9. The molecule has 3 heteroatoms. The number of carbonyl (C=O) groups excluding carboxylic acids is 1. The molecule has 1 saturated heterocycles. The smallest absolute Gasteiger partial charge is 0.241 e. The van der Waals surface area contributed by atoms with E-state index in [1.807, 2.05) is 35.2 Å². The highest BCUT2D eigenvalue weighted by molar-refractivity contribution is 5.80. The molecule has 0 atom stereocenters. The predicted octanol–water partition coefficient (Wildman–Crippen LogP) is 2.11. The van der Waals surface area contributed by atoms with Gasteiger partial charge in [0.1, 0.15) is 0 Å². The maximum atomic E-state index is 11.8. The zero-order chi connectivity index (χ0) is 11.2. The van der Waals surface area contributed by atoms with Crippen LogP contribution in [0.2, 0.25) is 0 Å². The van der Waals surface area contributed by atoms with Gasteiger partial charge in [0.15, 0.2) is 0 Å². The van der Waals surface area contributed by atoms with Crippen LogP contribution in [0.15, 0.2) is 30.3 Å². The topological polar surface area (TPSA) is 32.3 Å². The lowest BCUT2D eigenvalue weighted by Crippen LogP contribution is -2.39. The third-order valence-corrected chi connectivity index (χ3v) is 2.93. The first-order valence-electron chi connectivity index (χ1n) is 5.93. The summed E-state index contributed by atoms with van der Waals surface area (Å²) in [6.07, 6.45) is 3.56. The summed E-state index contributed by atoms with van der Waals surface area (Å²) in [4.78, 5) is 13.8. The fraction of sp³-hybridized carbons (Fsp3) is 0.462. The molecule has 1 amide bonds. The van der Waals surface area contributed by atoms with E-state index in [0.29, 0.717) is 6.54 Å². The number of piperidine rings is 1. The molecule has 86 valence electrons. The van der Waals surface area contributed by atoms with Crippen molar-refractivity contribution in [2.24, 2.45) is 0 Å². The number of rotatable bonds is 3. The Morgan fingerprint density at radius 3 is 2.50 bits per heavy atom. The number of likely N-dealkylation sites (tertiary alicyclic amines) is 1. The largest absolute Gasteiger partial charge is 0.376 e. The second-order valence-corrected chi connectivity index (χ2v) is 4.16. The van der Waals surface area contributed by atoms with Crippen LogP contribution in [-0.2, 0) is 4.79 Å². The predicted molar refractivity (Wildman–Crippen MR) is 65.4 cm³/mol. The van der Waals surface area contributed by atoms with Crippen LogP contribution in [0.1, 0.15) is 19.3 Å². The number of hydrogen-bond donors (Lipinski definition) is 1. The average molecular weight is 218 g/mol. The number of amides is 1. The molecule has 0 bridgehead atoms. The van der Waals surface area contributed by atoms with Gasteiger partial charge in [-0.2, -0.15) is 0 Å². The van der Waals surface area contributed by atoms with Crippen molar-refractivity contribution < 1.29 is 4.79 Å². The molecule has 0 radical (unpaired) electrons. The van der Waals surface area contributed by atoms with Crippen LogP contribution in [0, 0.1) is 0 Å². The van der Waals surface area contributed by atoms with Crippen molar-refractivity contribution in [3.63, 3.8) is 0 Å². The van der Waals surface area contributed by atoms with E-state index < -0.39 is 0 Å².